The van der Waals surface area contributed by atoms with Gasteiger partial charge in [-0.15, -0.1) is 10.2 Å². The van der Waals surface area contributed by atoms with Crippen molar-refractivity contribution in [3.8, 4) is 11.4 Å². The Kier molecular flexibility index (Phi) is 4.45. The first-order valence-corrected chi connectivity index (χ1v) is 8.55. The molecule has 3 rings (SSSR count). The highest BCUT2D eigenvalue weighted by Crippen LogP contribution is 2.23. The molecule has 2 heterocycles. The summed E-state index contributed by atoms with van der Waals surface area (Å²) >= 11 is 0. The van der Waals surface area contributed by atoms with Crippen LogP contribution in [0.2, 0.25) is 0 Å². The van der Waals surface area contributed by atoms with Crippen molar-refractivity contribution in [2.24, 2.45) is 7.05 Å². The summed E-state index contributed by atoms with van der Waals surface area (Å²) in [5.41, 5.74) is 0.552. The lowest BCUT2D eigenvalue weighted by Gasteiger charge is -2.09. The number of anilines is 1. The fourth-order valence-electron chi connectivity index (χ4n) is 2.17. The van der Waals surface area contributed by atoms with Crippen LogP contribution in [0.15, 0.2) is 53.9 Å². The van der Waals surface area contributed by atoms with E-state index >= 15 is 0 Å². The lowest BCUT2D eigenvalue weighted by molar-refractivity contribution is 0.151. The molecule has 25 heavy (non-hydrogen) atoms. The summed E-state index contributed by atoms with van der Waals surface area (Å²) in [6.07, 6.45) is 1.72. The van der Waals surface area contributed by atoms with Gasteiger partial charge in [-0.05, 0) is 18.2 Å². The van der Waals surface area contributed by atoms with Crippen LogP contribution in [0, 0.1) is 0 Å². The number of alkyl halides is 2. The number of halogens is 2. The molecule has 0 amide bonds. The Balaban J connectivity index is 1.87. The molecule has 0 spiro atoms. The highest BCUT2D eigenvalue weighted by Gasteiger charge is 2.16. The molecule has 0 radical (unpaired) electrons. The van der Waals surface area contributed by atoms with E-state index in [9.17, 15) is 17.2 Å². The molecule has 0 saturated heterocycles. The van der Waals surface area contributed by atoms with E-state index in [1.165, 1.54) is 18.7 Å². The highest BCUT2D eigenvalue weighted by molar-refractivity contribution is 7.92. The van der Waals surface area contributed by atoms with Crippen LogP contribution >= 0.6 is 0 Å². The third-order valence-corrected chi connectivity index (χ3v) is 4.80. The van der Waals surface area contributed by atoms with E-state index in [4.69, 9.17) is 0 Å². The van der Waals surface area contributed by atoms with E-state index in [-0.39, 0.29) is 16.1 Å². The van der Waals surface area contributed by atoms with Crippen LogP contribution in [0.3, 0.4) is 0 Å². The second kappa shape index (κ2) is 6.55. The molecule has 0 unspecified atom stereocenters. The third kappa shape index (κ3) is 3.63. The molecule has 0 saturated carbocycles. The first-order chi connectivity index (χ1) is 11.9. The van der Waals surface area contributed by atoms with Gasteiger partial charge < -0.3 is 4.57 Å². The van der Waals surface area contributed by atoms with E-state index in [0.717, 1.165) is 24.3 Å². The van der Waals surface area contributed by atoms with Crippen LogP contribution in [0.25, 0.3) is 11.4 Å². The van der Waals surface area contributed by atoms with E-state index in [1.807, 2.05) is 0 Å². The number of aryl methyl sites for hydroxylation is 1. The Morgan fingerprint density at radius 1 is 1.16 bits per heavy atom. The van der Waals surface area contributed by atoms with Crippen molar-refractivity contribution >= 4 is 15.7 Å². The summed E-state index contributed by atoms with van der Waals surface area (Å²) in [5.74, 6) is 0.523. The summed E-state index contributed by atoms with van der Waals surface area (Å²) in [4.78, 5) is 3.87. The minimum Gasteiger partial charge on any atom is -0.317 e. The second-order valence-electron chi connectivity index (χ2n) is 5.20. The number of benzene rings is 1. The SMILES string of the molecule is Cn1cnnc1-c1cncc(NS(=O)(=O)c2ccc(C(F)F)cc2)c1. The Bertz CT molecular complexity index is 987. The number of hydrogen-bond acceptors (Lipinski definition) is 5. The Morgan fingerprint density at radius 3 is 2.48 bits per heavy atom. The maximum atomic E-state index is 12.6. The van der Waals surface area contributed by atoms with Crippen LogP contribution in [0.4, 0.5) is 14.5 Å². The zero-order chi connectivity index (χ0) is 18.0. The fourth-order valence-corrected chi connectivity index (χ4v) is 3.20. The summed E-state index contributed by atoms with van der Waals surface area (Å²) in [6.45, 7) is 0. The molecule has 130 valence electrons. The van der Waals surface area contributed by atoms with Gasteiger partial charge in [-0.2, -0.15) is 0 Å². The van der Waals surface area contributed by atoms with Crippen LogP contribution in [0.1, 0.15) is 12.0 Å². The molecule has 1 N–H and O–H groups in total. The summed E-state index contributed by atoms with van der Waals surface area (Å²) in [5, 5.41) is 7.69. The second-order valence-corrected chi connectivity index (χ2v) is 6.89. The Hall–Kier alpha value is -2.88. The molecule has 2 aromatic heterocycles. The molecular formula is C15H13F2N5O2S. The molecule has 0 fully saturated rings. The Labute approximate surface area is 142 Å². The predicted molar refractivity (Wildman–Crippen MR) is 86.4 cm³/mol. The van der Waals surface area contributed by atoms with Crippen molar-refractivity contribution in [1.29, 1.82) is 0 Å². The van der Waals surface area contributed by atoms with Crippen molar-refractivity contribution in [2.45, 2.75) is 11.3 Å². The number of sulfonamides is 1. The van der Waals surface area contributed by atoms with Gasteiger partial charge in [0.05, 0.1) is 16.8 Å². The summed E-state index contributed by atoms with van der Waals surface area (Å²) in [6, 6.07) is 5.97. The molecule has 0 aliphatic rings. The standard InChI is InChI=1S/C15H13F2N5O2S/c1-22-9-19-20-15(22)11-6-12(8-18-7-11)21-25(23,24)13-4-2-10(3-5-13)14(16)17/h2-9,14,21H,1H3. The quantitative estimate of drug-likeness (QED) is 0.751. The highest BCUT2D eigenvalue weighted by atomic mass is 32.2. The van der Waals surface area contributed by atoms with Crippen LogP contribution in [0.5, 0.6) is 0 Å². The van der Waals surface area contributed by atoms with Gasteiger partial charge >= 0.3 is 0 Å². The minimum atomic E-state index is -3.93. The average molecular weight is 365 g/mol. The number of nitrogens with zero attached hydrogens (tertiary/aromatic N) is 4. The lowest BCUT2D eigenvalue weighted by atomic mass is 10.2. The van der Waals surface area contributed by atoms with Crippen molar-refractivity contribution in [1.82, 2.24) is 19.7 Å². The molecule has 3 aromatic rings. The number of rotatable bonds is 5. The van der Waals surface area contributed by atoms with Crippen LogP contribution in [-0.2, 0) is 17.1 Å². The first-order valence-electron chi connectivity index (χ1n) is 7.07. The summed E-state index contributed by atoms with van der Waals surface area (Å²) in [7, 11) is -2.18. The fraction of sp³-hybridized carbons (Fsp3) is 0.133. The van der Waals surface area contributed by atoms with Gasteiger partial charge in [0.15, 0.2) is 5.82 Å². The number of nitrogens with one attached hydrogen (secondary N) is 1. The van der Waals surface area contributed by atoms with Gasteiger partial charge in [-0.3, -0.25) is 9.71 Å². The van der Waals surface area contributed by atoms with Crippen molar-refractivity contribution in [3.63, 3.8) is 0 Å². The normalized spacial score (nSPS) is 11.7. The smallest absolute Gasteiger partial charge is 0.263 e. The van der Waals surface area contributed by atoms with E-state index in [0.29, 0.717) is 11.4 Å². The lowest BCUT2D eigenvalue weighted by Crippen LogP contribution is -2.13. The van der Waals surface area contributed by atoms with Crippen LogP contribution in [-0.4, -0.2) is 28.2 Å². The number of pyridine rings is 1. The van der Waals surface area contributed by atoms with Gasteiger partial charge in [0.25, 0.3) is 16.4 Å². The molecule has 1 aromatic carbocycles. The van der Waals surface area contributed by atoms with Gasteiger partial charge in [0.2, 0.25) is 0 Å². The predicted octanol–water partition coefficient (Wildman–Crippen LogP) is 2.62. The zero-order valence-corrected chi connectivity index (χ0v) is 13.8. The zero-order valence-electron chi connectivity index (χ0n) is 13.0. The average Bonchev–Trinajstić information content (AvgIpc) is 3.01. The largest absolute Gasteiger partial charge is 0.317 e. The van der Waals surface area contributed by atoms with E-state index < -0.39 is 16.4 Å². The molecule has 10 heteroatoms. The van der Waals surface area contributed by atoms with Gasteiger partial charge in [0.1, 0.15) is 6.33 Å². The van der Waals surface area contributed by atoms with Crippen LogP contribution < -0.4 is 4.72 Å². The van der Waals surface area contributed by atoms with Crippen molar-refractivity contribution in [2.75, 3.05) is 4.72 Å². The molecule has 0 aliphatic heterocycles. The molecule has 7 nitrogen and oxygen atoms in total. The van der Waals surface area contributed by atoms with E-state index in [1.54, 1.807) is 17.7 Å². The molecule has 0 atom stereocenters. The van der Waals surface area contributed by atoms with Crippen molar-refractivity contribution in [3.05, 3.63) is 54.6 Å². The minimum absolute atomic E-state index is 0.124. The van der Waals surface area contributed by atoms with Gasteiger partial charge in [-0.25, -0.2) is 17.2 Å². The maximum absolute atomic E-state index is 12.6. The van der Waals surface area contributed by atoms with Gasteiger partial charge in [-0.1, -0.05) is 12.1 Å². The van der Waals surface area contributed by atoms with Gasteiger partial charge in [0, 0.05) is 24.4 Å². The summed E-state index contributed by atoms with van der Waals surface area (Å²) < 4.78 is 53.9. The maximum Gasteiger partial charge on any atom is 0.263 e. The molecule has 0 aliphatic carbocycles. The number of hydrogen-bond donors (Lipinski definition) is 1. The van der Waals surface area contributed by atoms with Crippen molar-refractivity contribution < 1.29 is 17.2 Å². The first kappa shape index (κ1) is 17.0. The third-order valence-electron chi connectivity index (χ3n) is 3.40. The molecule has 0 bridgehead atoms. The number of aromatic nitrogens is 4. The monoisotopic (exact) mass is 365 g/mol. The Morgan fingerprint density at radius 2 is 1.88 bits per heavy atom. The topological polar surface area (TPSA) is 89.8 Å². The van der Waals surface area contributed by atoms with E-state index in [2.05, 4.69) is 19.9 Å². The molecular weight excluding hydrogens is 352 g/mol.